The summed E-state index contributed by atoms with van der Waals surface area (Å²) in [5, 5.41) is 6.68. The zero-order chi connectivity index (χ0) is 20.5. The molecule has 0 saturated heterocycles. The number of thiophene rings is 2. The summed E-state index contributed by atoms with van der Waals surface area (Å²) in [7, 11) is 0. The number of nitrogens with one attached hydrogen (secondary N) is 1. The van der Waals surface area contributed by atoms with Crippen LogP contribution in [0.25, 0.3) is 20.8 Å². The fraction of sp³-hybridized carbons (Fsp3) is 0.300. The number of nitrogens with zero attached hydrogens (tertiary/aromatic N) is 3. The summed E-state index contributed by atoms with van der Waals surface area (Å²) in [5.74, 6) is -0.0883. The largest absolute Gasteiger partial charge is 0.351 e. The molecule has 0 radical (unpaired) electrons. The van der Waals surface area contributed by atoms with Gasteiger partial charge in [-0.1, -0.05) is 0 Å². The Morgan fingerprint density at radius 2 is 2.03 bits per heavy atom. The fourth-order valence-electron chi connectivity index (χ4n) is 3.01. The lowest BCUT2D eigenvalue weighted by Gasteiger charge is -2.06. The van der Waals surface area contributed by atoms with Gasteiger partial charge in [-0.3, -0.25) is 14.2 Å². The molecule has 0 aliphatic carbocycles. The molecule has 4 aromatic rings. The van der Waals surface area contributed by atoms with Gasteiger partial charge in [-0.05, 0) is 38.5 Å². The second-order valence-electron chi connectivity index (χ2n) is 6.75. The Hall–Kier alpha value is -2.36. The van der Waals surface area contributed by atoms with E-state index in [1.807, 2.05) is 38.3 Å². The Morgan fingerprint density at radius 3 is 2.79 bits per heavy atom. The Labute approximate surface area is 179 Å². The van der Waals surface area contributed by atoms with E-state index in [1.54, 1.807) is 22.7 Å². The highest BCUT2D eigenvalue weighted by Crippen LogP contribution is 2.29. The molecule has 29 heavy (non-hydrogen) atoms. The van der Waals surface area contributed by atoms with Crippen LogP contribution in [-0.2, 0) is 17.9 Å². The number of amides is 1. The second kappa shape index (κ2) is 8.17. The summed E-state index contributed by atoms with van der Waals surface area (Å²) in [6.45, 7) is 6.71. The molecule has 0 aliphatic heterocycles. The van der Waals surface area contributed by atoms with Crippen LogP contribution in [0.15, 0.2) is 28.6 Å². The van der Waals surface area contributed by atoms with Crippen molar-refractivity contribution >= 4 is 50.1 Å². The summed E-state index contributed by atoms with van der Waals surface area (Å²) < 4.78 is 1.52. The monoisotopic (exact) mass is 444 g/mol. The van der Waals surface area contributed by atoms with E-state index in [2.05, 4.69) is 15.3 Å². The molecule has 0 aliphatic rings. The molecule has 0 saturated carbocycles. The van der Waals surface area contributed by atoms with E-state index in [9.17, 15) is 9.59 Å². The van der Waals surface area contributed by atoms with Crippen LogP contribution < -0.4 is 10.9 Å². The highest BCUT2D eigenvalue weighted by molar-refractivity contribution is 7.18. The Bertz CT molecular complexity index is 1250. The van der Waals surface area contributed by atoms with Crippen molar-refractivity contribution in [2.24, 2.45) is 0 Å². The van der Waals surface area contributed by atoms with Crippen LogP contribution in [0, 0.1) is 20.8 Å². The van der Waals surface area contributed by atoms with Gasteiger partial charge >= 0.3 is 0 Å². The molecule has 9 heteroatoms. The van der Waals surface area contributed by atoms with Crippen LogP contribution >= 0.6 is 34.0 Å². The first-order valence-electron chi connectivity index (χ1n) is 9.15. The van der Waals surface area contributed by atoms with E-state index in [4.69, 9.17) is 0 Å². The van der Waals surface area contributed by atoms with Gasteiger partial charge in [-0.25, -0.2) is 9.97 Å². The molecule has 0 spiro atoms. The van der Waals surface area contributed by atoms with Crippen molar-refractivity contribution in [3.63, 3.8) is 0 Å². The van der Waals surface area contributed by atoms with E-state index in [0.29, 0.717) is 18.5 Å². The Kier molecular flexibility index (Phi) is 5.62. The third-order valence-electron chi connectivity index (χ3n) is 4.73. The molecule has 0 atom stereocenters. The minimum Gasteiger partial charge on any atom is -0.351 e. The smallest absolute Gasteiger partial charge is 0.262 e. The van der Waals surface area contributed by atoms with Crippen LogP contribution in [0.2, 0.25) is 0 Å². The molecule has 4 aromatic heterocycles. The molecule has 0 bridgehead atoms. The van der Waals surface area contributed by atoms with Gasteiger partial charge < -0.3 is 5.32 Å². The highest BCUT2D eigenvalue weighted by Gasteiger charge is 2.13. The average Bonchev–Trinajstić information content (AvgIpc) is 3.40. The van der Waals surface area contributed by atoms with Crippen molar-refractivity contribution in [1.29, 1.82) is 0 Å². The van der Waals surface area contributed by atoms with Crippen LogP contribution in [0.4, 0.5) is 0 Å². The maximum absolute atomic E-state index is 12.7. The number of hydrogen-bond donors (Lipinski definition) is 1. The van der Waals surface area contributed by atoms with E-state index in [-0.39, 0.29) is 17.9 Å². The lowest BCUT2D eigenvalue weighted by atomic mass is 10.2. The molecule has 4 rings (SSSR count). The number of thiazole rings is 1. The Morgan fingerprint density at radius 1 is 1.21 bits per heavy atom. The van der Waals surface area contributed by atoms with Crippen molar-refractivity contribution in [3.05, 3.63) is 54.5 Å². The summed E-state index contributed by atoms with van der Waals surface area (Å²) in [5.41, 5.74) is 1.88. The van der Waals surface area contributed by atoms with Crippen molar-refractivity contribution in [2.75, 3.05) is 0 Å². The molecule has 0 aromatic carbocycles. The second-order valence-corrected chi connectivity index (χ2v) is 10.2. The standard InChI is InChI=1S/C20H20N4O2S3/c1-11-12(2)28-19-18(11)20(26)24(10-22-19)7-6-17(25)21-8-14-4-5-16(29-14)15-9-27-13(3)23-15/h4-5,9-10H,6-8H2,1-3H3,(H,21,25). The molecular formula is C20H20N4O2S3. The van der Waals surface area contributed by atoms with Gasteiger partial charge in [0.2, 0.25) is 5.91 Å². The molecule has 6 nitrogen and oxygen atoms in total. The maximum Gasteiger partial charge on any atom is 0.262 e. The summed E-state index contributed by atoms with van der Waals surface area (Å²) >= 11 is 4.78. The lowest BCUT2D eigenvalue weighted by Crippen LogP contribution is -2.27. The predicted molar refractivity (Wildman–Crippen MR) is 120 cm³/mol. The van der Waals surface area contributed by atoms with Crippen molar-refractivity contribution in [1.82, 2.24) is 19.9 Å². The minimum atomic E-state index is -0.0883. The molecule has 4 heterocycles. The fourth-order valence-corrected chi connectivity index (χ4v) is 5.60. The summed E-state index contributed by atoms with van der Waals surface area (Å²) in [4.78, 5) is 37.9. The number of fused-ring (bicyclic) bond motifs is 1. The first-order chi connectivity index (χ1) is 13.9. The molecular weight excluding hydrogens is 424 g/mol. The van der Waals surface area contributed by atoms with Gasteiger partial charge in [0.05, 0.1) is 33.8 Å². The van der Waals surface area contributed by atoms with E-state index >= 15 is 0 Å². The molecule has 0 unspecified atom stereocenters. The molecule has 150 valence electrons. The number of aromatic nitrogens is 3. The van der Waals surface area contributed by atoms with Crippen molar-refractivity contribution in [2.45, 2.75) is 40.3 Å². The molecule has 1 N–H and O–H groups in total. The van der Waals surface area contributed by atoms with Gasteiger partial charge in [0.25, 0.3) is 5.56 Å². The van der Waals surface area contributed by atoms with Gasteiger partial charge in [-0.15, -0.1) is 34.0 Å². The predicted octanol–water partition coefficient (Wildman–Crippen LogP) is 4.27. The third-order valence-corrected chi connectivity index (χ3v) is 7.73. The number of carbonyl (C=O) groups excluding carboxylic acids is 1. The minimum absolute atomic E-state index is 0.0777. The van der Waals surface area contributed by atoms with Crippen molar-refractivity contribution < 1.29 is 4.79 Å². The normalized spacial score (nSPS) is 11.3. The van der Waals surface area contributed by atoms with Crippen LogP contribution in [0.1, 0.15) is 26.7 Å². The van der Waals surface area contributed by atoms with E-state index < -0.39 is 0 Å². The average molecular weight is 445 g/mol. The Balaban J connectivity index is 1.36. The zero-order valence-corrected chi connectivity index (χ0v) is 18.8. The number of hydrogen-bond acceptors (Lipinski definition) is 7. The molecule has 0 fully saturated rings. The lowest BCUT2D eigenvalue weighted by molar-refractivity contribution is -0.121. The highest BCUT2D eigenvalue weighted by atomic mass is 32.1. The van der Waals surface area contributed by atoms with Crippen LogP contribution in [-0.4, -0.2) is 20.4 Å². The van der Waals surface area contributed by atoms with Gasteiger partial charge in [-0.2, -0.15) is 0 Å². The van der Waals surface area contributed by atoms with Gasteiger partial charge in [0, 0.05) is 28.1 Å². The quantitative estimate of drug-likeness (QED) is 0.482. The van der Waals surface area contributed by atoms with Crippen LogP contribution in [0.3, 0.4) is 0 Å². The SMILES string of the molecule is Cc1nc(-c2ccc(CNC(=O)CCn3cnc4sc(C)c(C)c4c3=O)s2)cs1. The molecule has 1 amide bonds. The number of aryl methyl sites for hydroxylation is 4. The first kappa shape index (κ1) is 19.9. The van der Waals surface area contributed by atoms with Crippen molar-refractivity contribution in [3.8, 4) is 10.6 Å². The summed E-state index contributed by atoms with van der Waals surface area (Å²) in [6.07, 6.45) is 1.77. The van der Waals surface area contributed by atoms with E-state index in [1.165, 1.54) is 22.2 Å². The zero-order valence-electron chi connectivity index (χ0n) is 16.3. The topological polar surface area (TPSA) is 76.9 Å². The summed E-state index contributed by atoms with van der Waals surface area (Å²) in [6, 6.07) is 4.05. The van der Waals surface area contributed by atoms with Gasteiger partial charge in [0.15, 0.2) is 0 Å². The maximum atomic E-state index is 12.7. The van der Waals surface area contributed by atoms with E-state index in [0.717, 1.165) is 35.7 Å². The number of rotatable bonds is 6. The third kappa shape index (κ3) is 4.17. The van der Waals surface area contributed by atoms with Crippen LogP contribution in [0.5, 0.6) is 0 Å². The first-order valence-corrected chi connectivity index (χ1v) is 11.7. The van der Waals surface area contributed by atoms with Gasteiger partial charge in [0.1, 0.15) is 4.83 Å². The number of carbonyl (C=O) groups is 1.